The molecule has 3 aliphatic rings. The minimum Gasteiger partial charge on any atom is -0.429 e. The second-order valence-corrected chi connectivity index (χ2v) is 8.35. The maximum Gasteiger partial charge on any atom is 0.340 e. The van der Waals surface area contributed by atoms with Gasteiger partial charge in [-0.15, -0.1) is 0 Å². The van der Waals surface area contributed by atoms with Gasteiger partial charge < -0.3 is 9.84 Å². The minimum atomic E-state index is -1.10. The summed E-state index contributed by atoms with van der Waals surface area (Å²) < 4.78 is 4.76. The van der Waals surface area contributed by atoms with Crippen LogP contribution in [0, 0.1) is 22.7 Å². The Morgan fingerprint density at radius 2 is 2.09 bits per heavy atom. The molecule has 0 bridgehead atoms. The van der Waals surface area contributed by atoms with E-state index in [1.807, 2.05) is 6.08 Å². The number of aliphatic hydroxyl groups is 1. The van der Waals surface area contributed by atoms with Gasteiger partial charge in [0.1, 0.15) is 0 Å². The van der Waals surface area contributed by atoms with Crippen LogP contribution in [-0.4, -0.2) is 17.4 Å². The van der Waals surface area contributed by atoms with Crippen molar-refractivity contribution in [3.05, 3.63) is 36.0 Å². The number of ether oxygens (including phenoxy) is 1. The highest BCUT2D eigenvalue weighted by Crippen LogP contribution is 2.61. The molecule has 1 heterocycles. The fourth-order valence-electron chi connectivity index (χ4n) is 5.32. The summed E-state index contributed by atoms with van der Waals surface area (Å²) in [5, 5.41) is 9.39. The van der Waals surface area contributed by atoms with Crippen LogP contribution in [0.1, 0.15) is 52.9 Å². The first-order valence-electron chi connectivity index (χ1n) is 8.71. The zero-order chi connectivity index (χ0) is 16.8. The summed E-state index contributed by atoms with van der Waals surface area (Å²) in [4.78, 5) is 11.7. The monoisotopic (exact) mass is 316 g/mol. The first-order valence-corrected chi connectivity index (χ1v) is 8.71. The van der Waals surface area contributed by atoms with Crippen molar-refractivity contribution in [1.29, 1.82) is 0 Å². The van der Waals surface area contributed by atoms with Crippen LogP contribution < -0.4 is 0 Å². The average Bonchev–Trinajstić information content (AvgIpc) is 2.75. The minimum absolute atomic E-state index is 0.204. The number of esters is 1. The van der Waals surface area contributed by atoms with E-state index in [-0.39, 0.29) is 11.3 Å². The highest BCUT2D eigenvalue weighted by atomic mass is 16.6. The number of rotatable bonds is 2. The van der Waals surface area contributed by atoms with Gasteiger partial charge in [-0.05, 0) is 48.5 Å². The van der Waals surface area contributed by atoms with E-state index < -0.39 is 12.3 Å². The summed E-state index contributed by atoms with van der Waals surface area (Å²) >= 11 is 0. The third-order valence-electron chi connectivity index (χ3n) is 6.43. The predicted octanol–water partition coefficient (Wildman–Crippen LogP) is 4.14. The Bertz CT molecular complexity index is 584. The lowest BCUT2D eigenvalue weighted by atomic mass is 9.47. The van der Waals surface area contributed by atoms with Crippen molar-refractivity contribution in [3.63, 3.8) is 0 Å². The Labute approximate surface area is 139 Å². The molecule has 1 aliphatic heterocycles. The van der Waals surface area contributed by atoms with Gasteiger partial charge in [0, 0.05) is 5.92 Å². The zero-order valence-electron chi connectivity index (χ0n) is 14.5. The van der Waals surface area contributed by atoms with E-state index in [0.29, 0.717) is 16.9 Å². The van der Waals surface area contributed by atoms with E-state index in [1.54, 1.807) is 0 Å². The van der Waals surface area contributed by atoms with Gasteiger partial charge in [-0.3, -0.25) is 0 Å². The number of carbonyl (C=O) groups excluding carboxylic acids is 1. The largest absolute Gasteiger partial charge is 0.429 e. The molecule has 0 spiro atoms. The summed E-state index contributed by atoms with van der Waals surface area (Å²) in [7, 11) is 0. The fraction of sp³-hybridized carbons (Fsp3) is 0.650. The number of hydrogen-bond acceptors (Lipinski definition) is 3. The van der Waals surface area contributed by atoms with Gasteiger partial charge in [0.05, 0.1) is 5.57 Å². The van der Waals surface area contributed by atoms with Gasteiger partial charge in [0.25, 0.3) is 0 Å². The number of hydrogen-bond donors (Lipinski definition) is 1. The second-order valence-electron chi connectivity index (χ2n) is 8.35. The van der Waals surface area contributed by atoms with Crippen molar-refractivity contribution in [2.24, 2.45) is 22.7 Å². The Morgan fingerprint density at radius 1 is 1.35 bits per heavy atom. The maximum atomic E-state index is 11.7. The fourth-order valence-corrected chi connectivity index (χ4v) is 5.32. The molecule has 2 fully saturated rings. The number of aliphatic hydroxyl groups excluding tert-OH is 1. The molecule has 0 saturated heterocycles. The number of cyclic esters (lactones) is 1. The van der Waals surface area contributed by atoms with Crippen molar-refractivity contribution in [2.75, 3.05) is 0 Å². The van der Waals surface area contributed by atoms with Crippen LogP contribution in [0.25, 0.3) is 0 Å². The van der Waals surface area contributed by atoms with Crippen LogP contribution in [0.5, 0.6) is 0 Å². The summed E-state index contributed by atoms with van der Waals surface area (Å²) in [6.07, 6.45) is 10.3. The maximum absolute atomic E-state index is 11.7. The van der Waals surface area contributed by atoms with E-state index in [4.69, 9.17) is 4.74 Å². The van der Waals surface area contributed by atoms with Gasteiger partial charge in [0.15, 0.2) is 0 Å². The van der Waals surface area contributed by atoms with Crippen molar-refractivity contribution < 1.29 is 14.6 Å². The van der Waals surface area contributed by atoms with Crippen LogP contribution in [0.15, 0.2) is 36.0 Å². The third-order valence-corrected chi connectivity index (χ3v) is 6.43. The van der Waals surface area contributed by atoms with Crippen molar-refractivity contribution in [3.8, 4) is 0 Å². The smallest absolute Gasteiger partial charge is 0.340 e. The molecule has 2 aliphatic carbocycles. The second kappa shape index (κ2) is 5.62. The van der Waals surface area contributed by atoms with Crippen molar-refractivity contribution in [1.82, 2.24) is 0 Å². The van der Waals surface area contributed by atoms with Gasteiger partial charge in [0.2, 0.25) is 6.29 Å². The highest BCUT2D eigenvalue weighted by molar-refractivity contribution is 5.93. The van der Waals surface area contributed by atoms with Gasteiger partial charge >= 0.3 is 5.97 Å². The Balaban J connectivity index is 1.89. The van der Waals surface area contributed by atoms with E-state index in [2.05, 4.69) is 33.4 Å². The highest BCUT2D eigenvalue weighted by Gasteiger charge is 2.52. The molecule has 0 amide bonds. The molecule has 3 nitrogen and oxygen atoms in total. The molecule has 126 valence electrons. The quantitative estimate of drug-likeness (QED) is 0.615. The molecule has 3 heteroatoms. The van der Waals surface area contributed by atoms with Gasteiger partial charge in [-0.25, -0.2) is 4.79 Å². The van der Waals surface area contributed by atoms with Crippen molar-refractivity contribution >= 4 is 5.97 Å². The Kier molecular flexibility index (Phi) is 4.04. The topological polar surface area (TPSA) is 46.5 Å². The average molecular weight is 316 g/mol. The summed E-state index contributed by atoms with van der Waals surface area (Å²) in [5.74, 6) is 0.520. The Morgan fingerprint density at radius 3 is 2.74 bits per heavy atom. The van der Waals surface area contributed by atoms with E-state index in [0.717, 1.165) is 6.42 Å². The third kappa shape index (κ3) is 2.80. The lowest BCUT2D eigenvalue weighted by molar-refractivity contribution is -0.150. The molecule has 2 saturated carbocycles. The molecule has 0 aromatic carbocycles. The SMILES string of the molecule is C=C1CC[C@H]2C(C)(C)CCC[C@]2(C)[C@H]1/C=C/C1=CC(O)OC1=O. The standard InChI is InChI=1S/C20H28O3/c1-13-6-9-16-19(2,3)10-5-11-20(16,4)15(13)8-7-14-12-17(21)23-18(14)22/h7-8,12,15-17,21H,1,5-6,9-11H2,2-4H3/b8-7+/t15-,16-,17?,20+/m0/s1. The number of fused-ring (bicyclic) bond motifs is 1. The van der Waals surface area contributed by atoms with Gasteiger partial charge in [-0.2, -0.15) is 0 Å². The summed E-state index contributed by atoms with van der Waals surface area (Å²) in [6, 6.07) is 0. The summed E-state index contributed by atoms with van der Waals surface area (Å²) in [5.41, 5.74) is 2.29. The molecule has 23 heavy (non-hydrogen) atoms. The molecule has 1 unspecified atom stereocenters. The molecular formula is C20H28O3. The molecule has 1 N–H and O–H groups in total. The number of allylic oxidation sites excluding steroid dienone is 2. The van der Waals surface area contributed by atoms with E-state index in [9.17, 15) is 9.90 Å². The molecule has 4 atom stereocenters. The van der Waals surface area contributed by atoms with Gasteiger partial charge in [-0.1, -0.05) is 51.5 Å². The van der Waals surface area contributed by atoms with E-state index >= 15 is 0 Å². The van der Waals surface area contributed by atoms with Crippen LogP contribution in [-0.2, 0) is 9.53 Å². The number of carbonyl (C=O) groups is 1. The van der Waals surface area contributed by atoms with Crippen LogP contribution >= 0.6 is 0 Å². The molecule has 0 aromatic heterocycles. The van der Waals surface area contributed by atoms with Crippen LogP contribution in [0.3, 0.4) is 0 Å². The van der Waals surface area contributed by atoms with Crippen LogP contribution in [0.4, 0.5) is 0 Å². The van der Waals surface area contributed by atoms with Crippen molar-refractivity contribution in [2.45, 2.75) is 59.2 Å². The normalized spacial score (nSPS) is 40.0. The first kappa shape index (κ1) is 16.5. The molecular weight excluding hydrogens is 288 g/mol. The zero-order valence-corrected chi connectivity index (χ0v) is 14.5. The summed E-state index contributed by atoms with van der Waals surface area (Å²) in [6.45, 7) is 11.5. The van der Waals surface area contributed by atoms with Crippen LogP contribution in [0.2, 0.25) is 0 Å². The molecule has 3 rings (SSSR count). The molecule has 0 radical (unpaired) electrons. The lowest BCUT2D eigenvalue weighted by Crippen LogP contribution is -2.48. The molecule has 0 aromatic rings. The Hall–Kier alpha value is -1.35. The van der Waals surface area contributed by atoms with E-state index in [1.165, 1.54) is 37.3 Å². The predicted molar refractivity (Wildman–Crippen MR) is 90.4 cm³/mol. The first-order chi connectivity index (χ1) is 10.7. The lowest BCUT2D eigenvalue weighted by Gasteiger charge is -2.57.